The van der Waals surface area contributed by atoms with Gasteiger partial charge in [0, 0.05) is 5.39 Å². The summed E-state index contributed by atoms with van der Waals surface area (Å²) in [6, 6.07) is 11.7. The van der Waals surface area contributed by atoms with E-state index in [9.17, 15) is 15.3 Å². The van der Waals surface area contributed by atoms with Crippen LogP contribution in [-0.2, 0) is 4.74 Å². The van der Waals surface area contributed by atoms with Crippen LogP contribution < -0.4 is 4.74 Å². The summed E-state index contributed by atoms with van der Waals surface area (Å²) < 4.78 is 11.3. The third-order valence-corrected chi connectivity index (χ3v) is 4.60. The number of ether oxygens (including phenoxy) is 2. The van der Waals surface area contributed by atoms with Crippen LogP contribution in [0, 0.1) is 6.92 Å². The lowest BCUT2D eigenvalue weighted by molar-refractivity contribution is -0.197. The summed E-state index contributed by atoms with van der Waals surface area (Å²) in [6.07, 6.45) is -4.06. The Labute approximate surface area is 139 Å². The maximum atomic E-state index is 10.3. The minimum Gasteiger partial charge on any atom is -0.484 e. The van der Waals surface area contributed by atoms with E-state index in [0.717, 1.165) is 16.3 Å². The van der Waals surface area contributed by atoms with Crippen LogP contribution in [0.1, 0.15) is 5.56 Å². The van der Waals surface area contributed by atoms with E-state index in [0.29, 0.717) is 5.75 Å². The van der Waals surface area contributed by atoms with Gasteiger partial charge < -0.3 is 24.8 Å². The second-order valence-corrected chi connectivity index (χ2v) is 6.25. The zero-order valence-corrected chi connectivity index (χ0v) is 13.6. The summed E-state index contributed by atoms with van der Waals surface area (Å²) in [4.78, 5) is 0. The highest BCUT2D eigenvalue weighted by atomic mass is 32.1. The van der Waals surface area contributed by atoms with E-state index in [1.54, 1.807) is 0 Å². The maximum Gasteiger partial charge on any atom is 0.156 e. The van der Waals surface area contributed by atoms with E-state index < -0.39 is 29.9 Å². The van der Waals surface area contributed by atoms with Crippen molar-refractivity contribution in [3.63, 3.8) is 0 Å². The molecule has 0 aliphatic carbocycles. The van der Waals surface area contributed by atoms with Crippen LogP contribution in [0.3, 0.4) is 0 Å². The van der Waals surface area contributed by atoms with Gasteiger partial charge in [0.25, 0.3) is 0 Å². The largest absolute Gasteiger partial charge is 0.484 e. The lowest BCUT2D eigenvalue weighted by Gasteiger charge is -2.40. The molecule has 1 saturated heterocycles. The fourth-order valence-corrected chi connectivity index (χ4v) is 3.18. The zero-order valence-electron chi connectivity index (χ0n) is 12.7. The Bertz CT molecular complexity index is 692. The third kappa shape index (κ3) is 3.05. The van der Waals surface area contributed by atoms with E-state index >= 15 is 0 Å². The van der Waals surface area contributed by atoms with E-state index in [1.165, 1.54) is 0 Å². The number of aliphatic hydroxyl groups excluding tert-OH is 3. The number of rotatable bonds is 3. The van der Waals surface area contributed by atoms with Crippen LogP contribution in [0.25, 0.3) is 10.8 Å². The maximum absolute atomic E-state index is 10.3. The van der Waals surface area contributed by atoms with E-state index in [4.69, 9.17) is 9.47 Å². The molecule has 23 heavy (non-hydrogen) atoms. The van der Waals surface area contributed by atoms with Gasteiger partial charge >= 0.3 is 0 Å². The van der Waals surface area contributed by atoms with Gasteiger partial charge in [0.05, 0.1) is 6.61 Å². The fourth-order valence-electron chi connectivity index (χ4n) is 2.85. The van der Waals surface area contributed by atoms with Gasteiger partial charge in [-0.15, -0.1) is 12.6 Å². The van der Waals surface area contributed by atoms with E-state index in [2.05, 4.69) is 12.6 Å². The molecule has 0 bridgehead atoms. The van der Waals surface area contributed by atoms with Crippen LogP contribution in [0.4, 0.5) is 0 Å². The molecule has 1 heterocycles. The van der Waals surface area contributed by atoms with Crippen molar-refractivity contribution < 1.29 is 24.8 Å². The first kappa shape index (κ1) is 16.5. The van der Waals surface area contributed by atoms with Gasteiger partial charge in [0.1, 0.15) is 29.5 Å². The molecule has 2 aromatic carbocycles. The van der Waals surface area contributed by atoms with Crippen LogP contribution in [0.15, 0.2) is 36.4 Å². The van der Waals surface area contributed by atoms with Crippen LogP contribution in [-0.4, -0.2) is 51.8 Å². The number of hydrogen-bond acceptors (Lipinski definition) is 6. The molecule has 0 amide bonds. The molecule has 0 aromatic heterocycles. The molecular formula is C17H20O5S. The van der Waals surface area contributed by atoms with Crippen LogP contribution in [0.2, 0.25) is 0 Å². The van der Waals surface area contributed by atoms with E-state index in [1.807, 2.05) is 43.3 Å². The van der Waals surface area contributed by atoms with Crippen molar-refractivity contribution in [1.82, 2.24) is 0 Å². The molecule has 3 N–H and O–H groups in total. The molecule has 0 unspecified atom stereocenters. The van der Waals surface area contributed by atoms with Gasteiger partial charge in [0.15, 0.2) is 6.10 Å². The van der Waals surface area contributed by atoms with Crippen molar-refractivity contribution in [3.05, 3.63) is 42.0 Å². The predicted molar refractivity (Wildman–Crippen MR) is 89.8 cm³/mol. The highest BCUT2D eigenvalue weighted by Crippen LogP contribution is 2.33. The molecule has 6 heteroatoms. The molecular weight excluding hydrogens is 316 g/mol. The Morgan fingerprint density at radius 3 is 2.61 bits per heavy atom. The van der Waals surface area contributed by atoms with Crippen molar-refractivity contribution in [2.75, 3.05) is 6.61 Å². The molecule has 0 spiro atoms. The quantitative estimate of drug-likeness (QED) is 0.635. The molecule has 1 aliphatic heterocycles. The van der Waals surface area contributed by atoms with Gasteiger partial charge in [-0.25, -0.2) is 0 Å². The van der Waals surface area contributed by atoms with Gasteiger partial charge in [-0.3, -0.25) is 0 Å². The van der Waals surface area contributed by atoms with Crippen molar-refractivity contribution in [2.24, 2.45) is 0 Å². The molecule has 2 aromatic rings. The molecule has 0 saturated carbocycles. The number of aliphatic hydroxyl groups is 3. The van der Waals surface area contributed by atoms with Gasteiger partial charge in [-0.05, 0) is 17.9 Å². The second kappa shape index (κ2) is 6.67. The summed E-state index contributed by atoms with van der Waals surface area (Å²) in [5.74, 6) is 0.602. The summed E-state index contributed by atoms with van der Waals surface area (Å²) >= 11 is 4.16. The highest BCUT2D eigenvalue weighted by molar-refractivity contribution is 7.80. The number of aryl methyl sites for hydroxylation is 1. The second-order valence-electron chi connectivity index (χ2n) is 5.74. The number of benzene rings is 2. The normalized spacial score (nSPS) is 31.3. The van der Waals surface area contributed by atoms with Gasteiger partial charge in [0.2, 0.25) is 0 Å². The standard InChI is InChI=1S/C17H20O5S/c1-9-6-7-10-4-2-3-5-11(10)15(9)22-16-13(19)12(8-18)21-17(23)14(16)20/h2-7,12-14,16-20,23H,8H2,1H3/t12-,13-,14-,16+,17+/m1/s1. The Morgan fingerprint density at radius 2 is 1.87 bits per heavy atom. The average Bonchev–Trinajstić information content (AvgIpc) is 2.56. The average molecular weight is 336 g/mol. The zero-order chi connectivity index (χ0) is 16.6. The summed E-state index contributed by atoms with van der Waals surface area (Å²) in [5.41, 5.74) is 0.0571. The van der Waals surface area contributed by atoms with Gasteiger partial charge in [-0.2, -0.15) is 0 Å². The van der Waals surface area contributed by atoms with Crippen molar-refractivity contribution in [2.45, 2.75) is 36.8 Å². The van der Waals surface area contributed by atoms with Crippen molar-refractivity contribution in [1.29, 1.82) is 0 Å². The molecule has 5 nitrogen and oxygen atoms in total. The fraction of sp³-hybridized carbons (Fsp3) is 0.412. The van der Waals surface area contributed by atoms with Crippen LogP contribution in [0.5, 0.6) is 5.75 Å². The van der Waals surface area contributed by atoms with E-state index in [-0.39, 0.29) is 6.61 Å². The predicted octanol–water partition coefficient (Wildman–Crippen LogP) is 1.26. The monoisotopic (exact) mass is 336 g/mol. The smallest absolute Gasteiger partial charge is 0.156 e. The molecule has 5 atom stereocenters. The summed E-state index contributed by atoms with van der Waals surface area (Å²) in [6.45, 7) is 1.53. The SMILES string of the molecule is Cc1ccc2ccccc2c1O[C@@H]1[C@@H](O)[C@H](S)O[C@H](CO)[C@H]1O. The topological polar surface area (TPSA) is 79.2 Å². The molecule has 3 rings (SSSR count). The number of hydrogen-bond donors (Lipinski definition) is 4. The molecule has 0 radical (unpaired) electrons. The third-order valence-electron chi connectivity index (χ3n) is 4.17. The minimum absolute atomic E-state index is 0.376. The molecule has 1 aliphatic rings. The Hall–Kier alpha value is -1.31. The number of thiol groups is 1. The summed E-state index contributed by atoms with van der Waals surface area (Å²) in [5, 5.41) is 31.8. The first-order valence-electron chi connectivity index (χ1n) is 7.48. The molecule has 1 fully saturated rings. The van der Waals surface area contributed by atoms with Crippen LogP contribution >= 0.6 is 12.6 Å². The minimum atomic E-state index is -1.16. The number of fused-ring (bicyclic) bond motifs is 1. The van der Waals surface area contributed by atoms with Gasteiger partial charge in [-0.1, -0.05) is 36.4 Å². The lowest BCUT2D eigenvalue weighted by atomic mass is 9.99. The summed E-state index contributed by atoms with van der Waals surface area (Å²) in [7, 11) is 0. The Kier molecular flexibility index (Phi) is 4.79. The van der Waals surface area contributed by atoms with Crippen molar-refractivity contribution in [3.8, 4) is 5.75 Å². The Morgan fingerprint density at radius 1 is 1.13 bits per heavy atom. The Balaban J connectivity index is 1.98. The first-order chi connectivity index (χ1) is 11.0. The highest BCUT2D eigenvalue weighted by Gasteiger charge is 2.44. The lowest BCUT2D eigenvalue weighted by Crippen LogP contribution is -2.59. The van der Waals surface area contributed by atoms with Crippen molar-refractivity contribution >= 4 is 23.4 Å². The first-order valence-corrected chi connectivity index (χ1v) is 8.00. The molecule has 124 valence electrons.